The molecule has 0 bridgehead atoms. The summed E-state index contributed by atoms with van der Waals surface area (Å²) in [6.07, 6.45) is 2.28. The Hall–Kier alpha value is -0.670. The van der Waals surface area contributed by atoms with E-state index in [9.17, 15) is 8.78 Å². The topological polar surface area (TPSA) is 26.0 Å². The van der Waals surface area contributed by atoms with Crippen LogP contribution in [0.4, 0.5) is 8.78 Å². The fraction of sp³-hybridized carbons (Fsp3) is 0.500. The minimum atomic E-state index is -3.01. The molecule has 1 nitrogen and oxygen atoms in total. The van der Waals surface area contributed by atoms with E-state index in [0.717, 1.165) is 12.8 Å². The zero-order chi connectivity index (χ0) is 11.8. The lowest BCUT2D eigenvalue weighted by atomic mass is 9.86. The minimum Gasteiger partial charge on any atom is -0.320 e. The summed E-state index contributed by atoms with van der Waals surface area (Å²) >= 11 is 5.73. The highest BCUT2D eigenvalue weighted by Gasteiger charge is 2.53. The van der Waals surface area contributed by atoms with E-state index in [1.165, 1.54) is 18.2 Å². The number of benzene rings is 1. The van der Waals surface area contributed by atoms with Gasteiger partial charge in [-0.3, -0.25) is 0 Å². The monoisotopic (exact) mass is 245 g/mol. The van der Waals surface area contributed by atoms with Crippen LogP contribution < -0.4 is 5.73 Å². The first kappa shape index (κ1) is 11.8. The van der Waals surface area contributed by atoms with Crippen LogP contribution in [0.15, 0.2) is 24.3 Å². The molecule has 0 amide bonds. The molecule has 0 radical (unpaired) electrons. The van der Waals surface area contributed by atoms with Gasteiger partial charge in [-0.25, -0.2) is 0 Å². The molecule has 2 N–H and O–H groups in total. The Morgan fingerprint density at radius 1 is 1.25 bits per heavy atom. The molecule has 0 atom stereocenters. The van der Waals surface area contributed by atoms with Gasteiger partial charge in [0.15, 0.2) is 0 Å². The third-order valence-electron chi connectivity index (χ3n) is 3.31. The van der Waals surface area contributed by atoms with Crippen molar-refractivity contribution < 1.29 is 8.78 Å². The Kier molecular flexibility index (Phi) is 2.93. The zero-order valence-corrected chi connectivity index (χ0v) is 9.61. The van der Waals surface area contributed by atoms with Crippen molar-refractivity contribution in [3.05, 3.63) is 34.9 Å². The highest BCUT2D eigenvalue weighted by atomic mass is 35.5. The van der Waals surface area contributed by atoms with Crippen LogP contribution in [-0.2, 0) is 5.92 Å². The fourth-order valence-electron chi connectivity index (χ4n) is 2.29. The van der Waals surface area contributed by atoms with E-state index in [1.807, 2.05) is 0 Å². The summed E-state index contributed by atoms with van der Waals surface area (Å²) in [6, 6.07) is 5.80. The summed E-state index contributed by atoms with van der Waals surface area (Å²) in [7, 11) is 0. The maximum Gasteiger partial charge on any atom is 0.290 e. The first-order valence-electron chi connectivity index (χ1n) is 5.38. The van der Waals surface area contributed by atoms with Gasteiger partial charge in [0.25, 0.3) is 5.92 Å². The van der Waals surface area contributed by atoms with E-state index in [4.69, 9.17) is 17.3 Å². The van der Waals surface area contributed by atoms with Crippen molar-refractivity contribution in [2.75, 3.05) is 0 Å². The Morgan fingerprint density at radius 2 is 1.88 bits per heavy atom. The Morgan fingerprint density at radius 3 is 2.44 bits per heavy atom. The molecule has 0 unspecified atom stereocenters. The number of nitrogens with two attached hydrogens (primary N) is 1. The Labute approximate surface area is 98.6 Å². The highest BCUT2D eigenvalue weighted by Crippen LogP contribution is 2.46. The molecule has 1 fully saturated rings. The summed E-state index contributed by atoms with van der Waals surface area (Å²) in [5.74, 6) is -3.01. The van der Waals surface area contributed by atoms with Crippen molar-refractivity contribution in [1.29, 1.82) is 0 Å². The van der Waals surface area contributed by atoms with Gasteiger partial charge in [-0.1, -0.05) is 36.6 Å². The minimum absolute atomic E-state index is 0.0793. The van der Waals surface area contributed by atoms with Crippen LogP contribution in [0.3, 0.4) is 0 Å². The van der Waals surface area contributed by atoms with Crippen LogP contribution in [-0.4, -0.2) is 5.54 Å². The van der Waals surface area contributed by atoms with Gasteiger partial charge >= 0.3 is 0 Å². The van der Waals surface area contributed by atoms with Crippen molar-refractivity contribution in [3.63, 3.8) is 0 Å². The third-order valence-corrected chi connectivity index (χ3v) is 3.54. The third kappa shape index (κ3) is 1.82. The molecular formula is C12H14ClF2N. The molecule has 0 aliphatic heterocycles. The lowest BCUT2D eigenvalue weighted by molar-refractivity contribution is -0.0794. The number of halogens is 3. The molecule has 1 aliphatic carbocycles. The summed E-state index contributed by atoms with van der Waals surface area (Å²) in [5, 5.41) is 0.318. The molecule has 0 saturated heterocycles. The Balaban J connectivity index is 2.37. The van der Waals surface area contributed by atoms with Crippen molar-refractivity contribution in [3.8, 4) is 0 Å². The molecule has 16 heavy (non-hydrogen) atoms. The standard InChI is InChI=1S/C12H14ClF2N/c13-10-5-3-4-9(8-10)12(14,15)11(16)6-1-2-7-11/h3-5,8H,1-2,6-7,16H2. The molecule has 1 aromatic rings. The van der Waals surface area contributed by atoms with E-state index >= 15 is 0 Å². The van der Waals surface area contributed by atoms with Crippen LogP contribution in [0.1, 0.15) is 31.2 Å². The van der Waals surface area contributed by atoms with Gasteiger partial charge in [0.1, 0.15) is 0 Å². The number of hydrogen-bond acceptors (Lipinski definition) is 1. The van der Waals surface area contributed by atoms with Crippen LogP contribution in [0.2, 0.25) is 5.02 Å². The van der Waals surface area contributed by atoms with Crippen LogP contribution in [0.5, 0.6) is 0 Å². The van der Waals surface area contributed by atoms with E-state index in [-0.39, 0.29) is 5.56 Å². The second-order valence-corrected chi connectivity index (χ2v) is 4.88. The number of alkyl halides is 2. The van der Waals surface area contributed by atoms with E-state index in [2.05, 4.69) is 0 Å². The van der Waals surface area contributed by atoms with E-state index in [1.54, 1.807) is 6.07 Å². The Bertz CT molecular complexity index is 386. The van der Waals surface area contributed by atoms with Gasteiger partial charge in [0, 0.05) is 10.6 Å². The molecule has 1 saturated carbocycles. The normalized spacial score (nSPS) is 20.0. The summed E-state index contributed by atoms with van der Waals surface area (Å²) in [6.45, 7) is 0. The lowest BCUT2D eigenvalue weighted by Gasteiger charge is -2.33. The van der Waals surface area contributed by atoms with Gasteiger partial charge in [0.05, 0.1) is 5.54 Å². The number of hydrogen-bond donors (Lipinski definition) is 1. The first-order valence-corrected chi connectivity index (χ1v) is 5.76. The van der Waals surface area contributed by atoms with E-state index in [0.29, 0.717) is 17.9 Å². The summed E-state index contributed by atoms with van der Waals surface area (Å²) in [5.41, 5.74) is 4.34. The van der Waals surface area contributed by atoms with Crippen LogP contribution in [0, 0.1) is 0 Å². The molecular weight excluding hydrogens is 232 g/mol. The van der Waals surface area contributed by atoms with E-state index < -0.39 is 11.5 Å². The zero-order valence-electron chi connectivity index (χ0n) is 8.85. The van der Waals surface area contributed by atoms with Gasteiger partial charge < -0.3 is 5.73 Å². The summed E-state index contributed by atoms with van der Waals surface area (Å²) < 4.78 is 28.5. The van der Waals surface area contributed by atoms with Gasteiger partial charge in [0.2, 0.25) is 0 Å². The van der Waals surface area contributed by atoms with Crippen LogP contribution >= 0.6 is 11.6 Å². The molecule has 1 aromatic carbocycles. The lowest BCUT2D eigenvalue weighted by Crippen LogP contribution is -2.51. The predicted molar refractivity (Wildman–Crippen MR) is 60.7 cm³/mol. The SMILES string of the molecule is NC1(C(F)(F)c2cccc(Cl)c2)CCCC1. The van der Waals surface area contributed by atoms with Crippen molar-refractivity contribution >= 4 is 11.6 Å². The van der Waals surface area contributed by atoms with Gasteiger partial charge in [-0.15, -0.1) is 0 Å². The fourth-order valence-corrected chi connectivity index (χ4v) is 2.48. The van der Waals surface area contributed by atoms with Gasteiger partial charge in [-0.05, 0) is 25.0 Å². The molecule has 1 aliphatic rings. The second kappa shape index (κ2) is 3.97. The molecule has 4 heteroatoms. The molecule has 0 heterocycles. The first-order chi connectivity index (χ1) is 7.46. The van der Waals surface area contributed by atoms with Crippen molar-refractivity contribution in [2.24, 2.45) is 5.73 Å². The van der Waals surface area contributed by atoms with Crippen molar-refractivity contribution in [2.45, 2.75) is 37.1 Å². The molecule has 0 spiro atoms. The van der Waals surface area contributed by atoms with Gasteiger partial charge in [-0.2, -0.15) is 8.78 Å². The van der Waals surface area contributed by atoms with Crippen molar-refractivity contribution in [1.82, 2.24) is 0 Å². The largest absolute Gasteiger partial charge is 0.320 e. The quantitative estimate of drug-likeness (QED) is 0.845. The molecule has 0 aromatic heterocycles. The number of rotatable bonds is 2. The molecule has 2 rings (SSSR count). The predicted octanol–water partition coefficient (Wildman–Crippen LogP) is 3.70. The summed E-state index contributed by atoms with van der Waals surface area (Å²) in [4.78, 5) is 0. The maximum absolute atomic E-state index is 14.2. The molecule has 88 valence electrons. The second-order valence-electron chi connectivity index (χ2n) is 4.45. The average Bonchev–Trinajstić information content (AvgIpc) is 2.67. The highest BCUT2D eigenvalue weighted by molar-refractivity contribution is 6.30. The average molecular weight is 246 g/mol. The van der Waals surface area contributed by atoms with Crippen LogP contribution in [0.25, 0.3) is 0 Å². The maximum atomic E-state index is 14.2. The smallest absolute Gasteiger partial charge is 0.290 e.